The molecule has 1 fully saturated rings. The maximum Gasteiger partial charge on any atom is 0.295 e. The highest BCUT2D eigenvalue weighted by Gasteiger charge is 2.46. The Morgan fingerprint density at radius 2 is 1.93 bits per heavy atom. The minimum atomic E-state index is -0.662. The van der Waals surface area contributed by atoms with Gasteiger partial charge in [-0.3, -0.25) is 9.59 Å². The lowest BCUT2D eigenvalue weighted by atomic mass is 10.00. The van der Waals surface area contributed by atoms with Crippen LogP contribution in [-0.4, -0.2) is 48.6 Å². The average molecular weight is 416 g/mol. The van der Waals surface area contributed by atoms with Gasteiger partial charge in [0.1, 0.15) is 11.5 Å². The Balaban J connectivity index is 1.97. The topological polar surface area (TPSA) is 76.1 Å². The number of methoxy groups -OCH3 is 1. The van der Waals surface area contributed by atoms with Crippen molar-refractivity contribution in [1.29, 1.82) is 0 Å². The Bertz CT molecular complexity index is 873. The summed E-state index contributed by atoms with van der Waals surface area (Å²) < 4.78 is 10.6. The number of Topliss-reactive ketones (excluding diaryl/α,β-unsaturated/α-hetero) is 1. The lowest BCUT2D eigenvalue weighted by Crippen LogP contribution is -2.31. The molecule has 1 amide bonds. The molecule has 0 radical (unpaired) electrons. The third-order valence-corrected chi connectivity index (χ3v) is 5.63. The van der Waals surface area contributed by atoms with E-state index in [1.807, 2.05) is 24.4 Å². The van der Waals surface area contributed by atoms with Gasteiger partial charge in [0.05, 0.1) is 18.2 Å². The van der Waals surface area contributed by atoms with E-state index in [-0.39, 0.29) is 11.3 Å². The molecular formula is C22H25NO5S. The highest BCUT2D eigenvalue weighted by atomic mass is 32.1. The van der Waals surface area contributed by atoms with Gasteiger partial charge in [0.15, 0.2) is 0 Å². The summed E-state index contributed by atoms with van der Waals surface area (Å²) >= 11 is 1.45. The van der Waals surface area contributed by atoms with E-state index in [1.165, 1.54) is 16.2 Å². The predicted octanol–water partition coefficient (Wildman–Crippen LogP) is 4.00. The molecule has 154 valence electrons. The maximum absolute atomic E-state index is 12.8. The molecular weight excluding hydrogens is 390 g/mol. The lowest BCUT2D eigenvalue weighted by molar-refractivity contribution is -0.140. The van der Waals surface area contributed by atoms with Crippen molar-refractivity contribution in [1.82, 2.24) is 4.90 Å². The van der Waals surface area contributed by atoms with Crippen LogP contribution in [0.3, 0.4) is 0 Å². The van der Waals surface area contributed by atoms with Crippen LogP contribution in [0.1, 0.15) is 36.2 Å². The Labute approximate surface area is 174 Å². The molecule has 1 aliphatic rings. The van der Waals surface area contributed by atoms with E-state index in [0.717, 1.165) is 11.3 Å². The maximum atomic E-state index is 12.8. The van der Waals surface area contributed by atoms with E-state index in [0.29, 0.717) is 37.5 Å². The number of rotatable bonds is 9. The number of aliphatic hydroxyl groups is 1. The highest BCUT2D eigenvalue weighted by molar-refractivity contribution is 7.10. The van der Waals surface area contributed by atoms with E-state index in [9.17, 15) is 14.7 Å². The van der Waals surface area contributed by atoms with Gasteiger partial charge < -0.3 is 19.5 Å². The second-order valence-corrected chi connectivity index (χ2v) is 7.71. The summed E-state index contributed by atoms with van der Waals surface area (Å²) in [7, 11) is 1.60. The van der Waals surface area contributed by atoms with Crippen molar-refractivity contribution >= 4 is 28.8 Å². The van der Waals surface area contributed by atoms with Gasteiger partial charge in [-0.15, -0.1) is 11.3 Å². The number of likely N-dealkylation sites (tertiary alicyclic amines) is 1. The van der Waals surface area contributed by atoms with Gasteiger partial charge in [-0.1, -0.05) is 13.0 Å². The largest absolute Gasteiger partial charge is 0.507 e. The number of carbonyl (C=O) groups is 2. The van der Waals surface area contributed by atoms with E-state index < -0.39 is 17.7 Å². The van der Waals surface area contributed by atoms with Crippen LogP contribution in [0.2, 0.25) is 0 Å². The summed E-state index contributed by atoms with van der Waals surface area (Å²) in [4.78, 5) is 27.9. The van der Waals surface area contributed by atoms with Crippen molar-refractivity contribution in [3.8, 4) is 5.75 Å². The zero-order valence-electron chi connectivity index (χ0n) is 16.6. The predicted molar refractivity (Wildman–Crippen MR) is 112 cm³/mol. The number of amides is 1. The summed E-state index contributed by atoms with van der Waals surface area (Å²) in [6.45, 7) is 3.49. The Morgan fingerprint density at radius 3 is 2.55 bits per heavy atom. The van der Waals surface area contributed by atoms with Crippen molar-refractivity contribution < 1.29 is 24.2 Å². The molecule has 0 saturated carbocycles. The lowest BCUT2D eigenvalue weighted by Gasteiger charge is -2.23. The van der Waals surface area contributed by atoms with Crippen LogP contribution >= 0.6 is 11.3 Å². The van der Waals surface area contributed by atoms with Gasteiger partial charge in [0.25, 0.3) is 11.7 Å². The molecule has 6 nitrogen and oxygen atoms in total. The van der Waals surface area contributed by atoms with Crippen LogP contribution in [-0.2, 0) is 14.3 Å². The molecule has 7 heteroatoms. The summed E-state index contributed by atoms with van der Waals surface area (Å²) in [5.74, 6) is -0.732. The van der Waals surface area contributed by atoms with Gasteiger partial charge in [-0.25, -0.2) is 0 Å². The number of hydrogen-bond acceptors (Lipinski definition) is 6. The Hall–Kier alpha value is -2.64. The van der Waals surface area contributed by atoms with Gasteiger partial charge >= 0.3 is 0 Å². The molecule has 1 N–H and O–H groups in total. The molecule has 1 atom stereocenters. The number of benzene rings is 1. The standard InChI is InChI=1S/C22H25NO5S/c1-3-12-28-16-9-7-15(8-10-16)20(24)18-19(17-6-4-14-29-17)23(11-5-13-27-2)22(26)21(18)25/h4,6-10,14,19,24H,3,5,11-13H2,1-2H3/b20-18+. The third kappa shape index (κ3) is 4.52. The summed E-state index contributed by atoms with van der Waals surface area (Å²) in [5, 5.41) is 12.8. The third-order valence-electron chi connectivity index (χ3n) is 4.70. The van der Waals surface area contributed by atoms with E-state index in [1.54, 1.807) is 31.4 Å². The van der Waals surface area contributed by atoms with Gasteiger partial charge in [0, 0.05) is 30.7 Å². The molecule has 3 rings (SSSR count). The van der Waals surface area contributed by atoms with E-state index in [4.69, 9.17) is 9.47 Å². The SMILES string of the molecule is CCCOc1ccc(/C(O)=C2\C(=O)C(=O)N(CCCOC)C2c2cccs2)cc1. The molecule has 1 aliphatic heterocycles. The number of hydrogen-bond donors (Lipinski definition) is 1. The van der Waals surface area contributed by atoms with Crippen LogP contribution in [0.25, 0.3) is 5.76 Å². The van der Waals surface area contributed by atoms with Crippen LogP contribution in [0.15, 0.2) is 47.4 Å². The van der Waals surface area contributed by atoms with Crippen LogP contribution < -0.4 is 4.74 Å². The van der Waals surface area contributed by atoms with E-state index in [2.05, 4.69) is 0 Å². The second kappa shape index (κ2) is 9.71. The molecule has 0 spiro atoms. The minimum Gasteiger partial charge on any atom is -0.507 e. The quantitative estimate of drug-likeness (QED) is 0.290. The number of thiophene rings is 1. The monoisotopic (exact) mass is 415 g/mol. The average Bonchev–Trinajstić information content (AvgIpc) is 3.35. The number of aliphatic hydroxyl groups excluding tert-OH is 1. The fourth-order valence-corrected chi connectivity index (χ4v) is 4.16. The van der Waals surface area contributed by atoms with Crippen LogP contribution in [0.4, 0.5) is 0 Å². The molecule has 1 aromatic carbocycles. The zero-order valence-corrected chi connectivity index (χ0v) is 17.4. The zero-order chi connectivity index (χ0) is 20.8. The first-order valence-corrected chi connectivity index (χ1v) is 10.5. The molecule has 2 aromatic rings. The minimum absolute atomic E-state index is 0.122. The summed E-state index contributed by atoms with van der Waals surface area (Å²) in [6.07, 6.45) is 1.50. The van der Waals surface area contributed by atoms with Crippen LogP contribution in [0, 0.1) is 0 Å². The van der Waals surface area contributed by atoms with E-state index >= 15 is 0 Å². The molecule has 0 aliphatic carbocycles. The van der Waals surface area contributed by atoms with Crippen molar-refractivity contribution in [2.45, 2.75) is 25.8 Å². The molecule has 29 heavy (non-hydrogen) atoms. The van der Waals surface area contributed by atoms with Gasteiger partial charge in [-0.05, 0) is 48.6 Å². The van der Waals surface area contributed by atoms with Crippen molar-refractivity contribution in [2.75, 3.05) is 26.9 Å². The Morgan fingerprint density at radius 1 is 1.17 bits per heavy atom. The number of ether oxygens (including phenoxy) is 2. The first kappa shape index (κ1) is 21.1. The summed E-state index contributed by atoms with van der Waals surface area (Å²) in [5.41, 5.74) is 0.599. The van der Waals surface area contributed by atoms with Gasteiger partial charge in [0.2, 0.25) is 0 Å². The second-order valence-electron chi connectivity index (χ2n) is 6.73. The normalized spacial score (nSPS) is 18.4. The molecule has 1 unspecified atom stereocenters. The summed E-state index contributed by atoms with van der Waals surface area (Å²) in [6, 6.07) is 10.0. The number of ketones is 1. The molecule has 1 aromatic heterocycles. The number of carbonyl (C=O) groups excluding carboxylic acids is 2. The van der Waals surface area contributed by atoms with Crippen molar-refractivity contribution in [2.24, 2.45) is 0 Å². The first-order chi connectivity index (χ1) is 14.1. The molecule has 2 heterocycles. The Kier molecular flexibility index (Phi) is 7.06. The smallest absolute Gasteiger partial charge is 0.295 e. The number of nitrogens with zero attached hydrogens (tertiary/aromatic N) is 1. The van der Waals surface area contributed by atoms with Crippen molar-refractivity contribution in [3.63, 3.8) is 0 Å². The molecule has 1 saturated heterocycles. The fraction of sp³-hybridized carbons (Fsp3) is 0.364. The van der Waals surface area contributed by atoms with Gasteiger partial charge in [-0.2, -0.15) is 0 Å². The van der Waals surface area contributed by atoms with Crippen LogP contribution in [0.5, 0.6) is 5.75 Å². The highest BCUT2D eigenvalue weighted by Crippen LogP contribution is 2.41. The van der Waals surface area contributed by atoms with Crippen molar-refractivity contribution in [3.05, 3.63) is 57.8 Å². The first-order valence-electron chi connectivity index (χ1n) is 9.62. The fourth-order valence-electron chi connectivity index (χ4n) is 3.32. The molecule has 0 bridgehead atoms.